The third-order valence-corrected chi connectivity index (χ3v) is 2.31. The van der Waals surface area contributed by atoms with Crippen LogP contribution >= 0.6 is 11.6 Å². The molecule has 5 heteroatoms. The van der Waals surface area contributed by atoms with E-state index in [2.05, 4.69) is 15.3 Å². The van der Waals surface area contributed by atoms with Gasteiger partial charge in [0.25, 0.3) is 0 Å². The quantitative estimate of drug-likeness (QED) is 0.619. The van der Waals surface area contributed by atoms with E-state index in [9.17, 15) is 0 Å². The Kier molecular flexibility index (Phi) is 1.51. The number of hydrogen-bond acceptors (Lipinski definition) is 3. The highest BCUT2D eigenvalue weighted by Gasteiger charge is 2.07. The molecule has 2 aromatic rings. The Morgan fingerprint density at radius 1 is 1.42 bits per heavy atom. The number of aromatic nitrogens is 4. The summed E-state index contributed by atoms with van der Waals surface area (Å²) in [5.74, 6) is 0. The van der Waals surface area contributed by atoms with Gasteiger partial charge in [-0.25, -0.2) is 0 Å². The van der Waals surface area contributed by atoms with Crippen LogP contribution in [0.25, 0.3) is 5.65 Å². The summed E-state index contributed by atoms with van der Waals surface area (Å²) in [5, 5.41) is 12.4. The predicted octanol–water partition coefficient (Wildman–Crippen LogP) is 1.39. The molecule has 4 nitrogen and oxygen atoms in total. The molecule has 0 aliphatic rings. The molecule has 0 aliphatic heterocycles. The maximum absolute atomic E-state index is 6.01. The first-order chi connectivity index (χ1) is 5.70. The lowest BCUT2D eigenvalue weighted by atomic mass is 10.2. The van der Waals surface area contributed by atoms with Gasteiger partial charge in [0.1, 0.15) is 6.33 Å². The summed E-state index contributed by atoms with van der Waals surface area (Å²) in [6.45, 7) is 3.82. The van der Waals surface area contributed by atoms with E-state index >= 15 is 0 Å². The Hall–Kier alpha value is -1.16. The fourth-order valence-electron chi connectivity index (χ4n) is 1.01. The Labute approximate surface area is 74.2 Å². The summed E-state index contributed by atoms with van der Waals surface area (Å²) in [6.07, 6.45) is 1.54. The molecule has 0 saturated heterocycles. The highest BCUT2D eigenvalue weighted by atomic mass is 35.5. The minimum atomic E-state index is 0.611. The predicted molar refractivity (Wildman–Crippen MR) is 45.3 cm³/mol. The molecule has 0 amide bonds. The smallest absolute Gasteiger partial charge is 0.196 e. The first kappa shape index (κ1) is 7.49. The SMILES string of the molecule is Cc1nn2cnnc2c(Cl)c1C. The van der Waals surface area contributed by atoms with Crippen molar-refractivity contribution >= 4 is 17.2 Å². The van der Waals surface area contributed by atoms with E-state index in [4.69, 9.17) is 11.6 Å². The molecule has 62 valence electrons. The zero-order valence-corrected chi connectivity index (χ0v) is 7.50. The van der Waals surface area contributed by atoms with Crippen LogP contribution in [0, 0.1) is 13.8 Å². The van der Waals surface area contributed by atoms with Crippen molar-refractivity contribution in [3.8, 4) is 0 Å². The summed E-state index contributed by atoms with van der Waals surface area (Å²) >= 11 is 6.01. The van der Waals surface area contributed by atoms with Crippen LogP contribution in [0.1, 0.15) is 11.3 Å². The van der Waals surface area contributed by atoms with Crippen LogP contribution in [-0.2, 0) is 0 Å². The molecule has 0 N–H and O–H groups in total. The molecule has 2 heterocycles. The highest BCUT2D eigenvalue weighted by molar-refractivity contribution is 6.34. The van der Waals surface area contributed by atoms with Crippen LogP contribution in [0.5, 0.6) is 0 Å². The van der Waals surface area contributed by atoms with Gasteiger partial charge in [-0.1, -0.05) is 11.6 Å². The fraction of sp³-hybridized carbons (Fsp3) is 0.286. The van der Waals surface area contributed by atoms with E-state index in [0.29, 0.717) is 10.7 Å². The Balaban J connectivity index is 2.94. The zero-order valence-electron chi connectivity index (χ0n) is 6.74. The number of nitrogens with zero attached hydrogens (tertiary/aromatic N) is 4. The maximum Gasteiger partial charge on any atom is 0.196 e. The van der Waals surface area contributed by atoms with Crippen LogP contribution in [-0.4, -0.2) is 19.8 Å². The number of aryl methyl sites for hydroxylation is 1. The van der Waals surface area contributed by atoms with Gasteiger partial charge in [-0.3, -0.25) is 0 Å². The molecule has 2 aromatic heterocycles. The minimum absolute atomic E-state index is 0.611. The Bertz CT molecular complexity index is 434. The Morgan fingerprint density at radius 3 is 2.92 bits per heavy atom. The molecule has 0 spiro atoms. The van der Waals surface area contributed by atoms with Crippen molar-refractivity contribution in [3.63, 3.8) is 0 Å². The molecule has 0 aliphatic carbocycles. The van der Waals surface area contributed by atoms with Crippen LogP contribution in [0.15, 0.2) is 6.33 Å². The summed E-state index contributed by atoms with van der Waals surface area (Å²) in [5.41, 5.74) is 2.46. The number of hydrogen-bond donors (Lipinski definition) is 0. The van der Waals surface area contributed by atoms with Gasteiger partial charge in [-0.15, -0.1) is 10.2 Å². The number of fused-ring (bicyclic) bond motifs is 1. The zero-order chi connectivity index (χ0) is 8.72. The number of rotatable bonds is 0. The first-order valence-electron chi connectivity index (χ1n) is 3.53. The fourth-order valence-corrected chi connectivity index (χ4v) is 1.27. The van der Waals surface area contributed by atoms with Crippen molar-refractivity contribution in [1.29, 1.82) is 0 Å². The average Bonchev–Trinajstić information content (AvgIpc) is 2.48. The topological polar surface area (TPSA) is 43.1 Å². The van der Waals surface area contributed by atoms with E-state index in [1.807, 2.05) is 13.8 Å². The second-order valence-electron chi connectivity index (χ2n) is 2.62. The van der Waals surface area contributed by atoms with E-state index in [1.165, 1.54) is 6.33 Å². The van der Waals surface area contributed by atoms with Gasteiger partial charge in [-0.05, 0) is 19.4 Å². The lowest BCUT2D eigenvalue weighted by Gasteiger charge is -2.01. The van der Waals surface area contributed by atoms with Crippen LogP contribution in [0.2, 0.25) is 5.02 Å². The molecule has 0 atom stereocenters. The normalized spacial score (nSPS) is 10.9. The highest BCUT2D eigenvalue weighted by Crippen LogP contribution is 2.20. The van der Waals surface area contributed by atoms with E-state index in [0.717, 1.165) is 11.3 Å². The third kappa shape index (κ3) is 0.881. The van der Waals surface area contributed by atoms with Crippen molar-refractivity contribution in [2.45, 2.75) is 13.8 Å². The van der Waals surface area contributed by atoms with Crippen molar-refractivity contribution < 1.29 is 0 Å². The largest absolute Gasteiger partial charge is 0.199 e. The van der Waals surface area contributed by atoms with Gasteiger partial charge in [0.15, 0.2) is 5.65 Å². The van der Waals surface area contributed by atoms with E-state index < -0.39 is 0 Å². The van der Waals surface area contributed by atoms with E-state index in [-0.39, 0.29) is 0 Å². The van der Waals surface area contributed by atoms with Crippen molar-refractivity contribution in [2.75, 3.05) is 0 Å². The summed E-state index contributed by atoms with van der Waals surface area (Å²) < 4.78 is 1.57. The second kappa shape index (κ2) is 2.42. The lowest BCUT2D eigenvalue weighted by molar-refractivity contribution is 0.883. The van der Waals surface area contributed by atoms with Crippen LogP contribution < -0.4 is 0 Å². The number of halogens is 1. The molecule has 0 saturated carbocycles. The van der Waals surface area contributed by atoms with Crippen molar-refractivity contribution in [3.05, 3.63) is 22.6 Å². The summed E-state index contributed by atoms with van der Waals surface area (Å²) in [6, 6.07) is 0. The molecular weight excluding hydrogens is 176 g/mol. The van der Waals surface area contributed by atoms with Crippen molar-refractivity contribution in [1.82, 2.24) is 19.8 Å². The minimum Gasteiger partial charge on any atom is -0.199 e. The molecular formula is C7H7ClN4. The first-order valence-corrected chi connectivity index (χ1v) is 3.90. The summed E-state index contributed by atoms with van der Waals surface area (Å²) in [4.78, 5) is 0. The average molecular weight is 183 g/mol. The molecule has 12 heavy (non-hydrogen) atoms. The second-order valence-corrected chi connectivity index (χ2v) is 3.00. The van der Waals surface area contributed by atoms with Crippen LogP contribution in [0.4, 0.5) is 0 Å². The van der Waals surface area contributed by atoms with Gasteiger partial charge in [0, 0.05) is 0 Å². The van der Waals surface area contributed by atoms with Gasteiger partial charge < -0.3 is 0 Å². The molecule has 0 fully saturated rings. The summed E-state index contributed by atoms with van der Waals surface area (Å²) in [7, 11) is 0. The van der Waals surface area contributed by atoms with E-state index in [1.54, 1.807) is 4.52 Å². The third-order valence-electron chi connectivity index (χ3n) is 1.86. The molecule has 0 unspecified atom stereocenters. The lowest BCUT2D eigenvalue weighted by Crippen LogP contribution is -1.97. The van der Waals surface area contributed by atoms with Gasteiger partial charge in [0.05, 0.1) is 10.7 Å². The Morgan fingerprint density at radius 2 is 2.17 bits per heavy atom. The molecule has 0 radical (unpaired) electrons. The molecule has 0 bridgehead atoms. The molecule has 2 rings (SSSR count). The van der Waals surface area contributed by atoms with Gasteiger partial charge >= 0.3 is 0 Å². The molecule has 0 aromatic carbocycles. The van der Waals surface area contributed by atoms with Gasteiger partial charge in [0.2, 0.25) is 0 Å². The van der Waals surface area contributed by atoms with Gasteiger partial charge in [-0.2, -0.15) is 9.61 Å². The van der Waals surface area contributed by atoms with Crippen LogP contribution in [0.3, 0.4) is 0 Å². The maximum atomic E-state index is 6.01. The standard InChI is InChI=1S/C7H7ClN4/c1-4-5(2)11-12-3-9-10-7(12)6(4)8/h3H,1-2H3. The van der Waals surface area contributed by atoms with Crippen molar-refractivity contribution in [2.24, 2.45) is 0 Å². The monoisotopic (exact) mass is 182 g/mol.